The maximum Gasteiger partial charge on any atom is 0.268 e. The average molecular weight is 279 g/mol. The van der Waals surface area contributed by atoms with Crippen molar-refractivity contribution in [2.75, 3.05) is 5.73 Å². The van der Waals surface area contributed by atoms with Crippen LogP contribution in [-0.2, 0) is 6.42 Å². The molecule has 2 N–H and O–H groups in total. The van der Waals surface area contributed by atoms with Crippen molar-refractivity contribution in [3.63, 3.8) is 0 Å². The summed E-state index contributed by atoms with van der Waals surface area (Å²) in [6, 6.07) is 15.4. The van der Waals surface area contributed by atoms with Crippen LogP contribution in [0.15, 0.2) is 53.1 Å². The number of rotatable bonds is 2. The van der Waals surface area contributed by atoms with E-state index in [9.17, 15) is 0 Å². The minimum absolute atomic E-state index is 0.228. The van der Waals surface area contributed by atoms with Crippen molar-refractivity contribution in [1.82, 2.24) is 10.1 Å². The molecule has 1 atom stereocenters. The van der Waals surface area contributed by atoms with Crippen LogP contribution >= 0.6 is 0 Å². The molecule has 2 heterocycles. The Morgan fingerprint density at radius 1 is 1.05 bits per heavy atom. The van der Waals surface area contributed by atoms with E-state index < -0.39 is 0 Å². The molecule has 4 rings (SSSR count). The second-order valence-electron chi connectivity index (χ2n) is 4.96. The summed E-state index contributed by atoms with van der Waals surface area (Å²) in [5, 5.41) is 4.01. The van der Waals surface area contributed by atoms with E-state index in [0.717, 1.165) is 23.3 Å². The number of ether oxygens (including phenoxy) is 1. The summed E-state index contributed by atoms with van der Waals surface area (Å²) in [7, 11) is 0. The molecule has 0 radical (unpaired) electrons. The van der Waals surface area contributed by atoms with Crippen molar-refractivity contribution in [2.24, 2.45) is 0 Å². The van der Waals surface area contributed by atoms with E-state index in [1.165, 1.54) is 0 Å². The summed E-state index contributed by atoms with van der Waals surface area (Å²) in [5.41, 5.74) is 8.48. The summed E-state index contributed by atoms with van der Waals surface area (Å²) in [6.45, 7) is 0. The molecule has 1 aliphatic heterocycles. The standard InChI is InChI=1S/C16H13N3O2/c17-12-7-3-2-6-11(12)15-18-16(21-19-15)14-9-10-5-1-4-8-13(10)20-14/h1-8,14H,9,17H2. The van der Waals surface area contributed by atoms with Crippen molar-refractivity contribution in [3.8, 4) is 17.1 Å². The van der Waals surface area contributed by atoms with Gasteiger partial charge in [0.2, 0.25) is 5.82 Å². The van der Waals surface area contributed by atoms with Gasteiger partial charge in [-0.3, -0.25) is 0 Å². The van der Waals surface area contributed by atoms with E-state index in [4.69, 9.17) is 15.0 Å². The lowest BCUT2D eigenvalue weighted by Crippen LogP contribution is -2.03. The van der Waals surface area contributed by atoms with E-state index in [1.807, 2.05) is 48.5 Å². The molecule has 0 saturated carbocycles. The Hall–Kier alpha value is -2.82. The predicted molar refractivity (Wildman–Crippen MR) is 77.7 cm³/mol. The molecule has 0 aliphatic carbocycles. The topological polar surface area (TPSA) is 74.2 Å². The molecule has 1 aliphatic rings. The number of nitrogens with zero attached hydrogens (tertiary/aromatic N) is 2. The summed E-state index contributed by atoms with van der Waals surface area (Å²) in [5.74, 6) is 1.84. The first kappa shape index (κ1) is 12.0. The highest BCUT2D eigenvalue weighted by molar-refractivity contribution is 5.70. The van der Waals surface area contributed by atoms with Crippen molar-refractivity contribution < 1.29 is 9.26 Å². The Bertz CT molecular complexity index is 772. The van der Waals surface area contributed by atoms with Gasteiger partial charge in [-0.05, 0) is 23.8 Å². The van der Waals surface area contributed by atoms with Crippen LogP contribution < -0.4 is 10.5 Å². The van der Waals surface area contributed by atoms with E-state index in [1.54, 1.807) is 0 Å². The SMILES string of the molecule is Nc1ccccc1-c1noc(C2Cc3ccccc3O2)n1. The molecule has 0 saturated heterocycles. The smallest absolute Gasteiger partial charge is 0.268 e. The van der Waals surface area contributed by atoms with Crippen molar-refractivity contribution in [1.29, 1.82) is 0 Å². The zero-order chi connectivity index (χ0) is 14.2. The highest BCUT2D eigenvalue weighted by atomic mass is 16.5. The van der Waals surface area contributed by atoms with Crippen LogP contribution in [-0.4, -0.2) is 10.1 Å². The molecule has 5 heteroatoms. The Kier molecular flexibility index (Phi) is 2.64. The number of nitrogen functional groups attached to an aromatic ring is 1. The number of nitrogens with two attached hydrogens (primary N) is 1. The minimum atomic E-state index is -0.228. The first-order valence-corrected chi connectivity index (χ1v) is 6.74. The van der Waals surface area contributed by atoms with Gasteiger partial charge in [0, 0.05) is 17.7 Å². The predicted octanol–water partition coefficient (Wildman–Crippen LogP) is 3.00. The summed E-state index contributed by atoms with van der Waals surface area (Å²) < 4.78 is 11.2. The van der Waals surface area contributed by atoms with E-state index in [-0.39, 0.29) is 6.10 Å². The van der Waals surface area contributed by atoms with Crippen molar-refractivity contribution in [3.05, 3.63) is 60.0 Å². The molecular weight excluding hydrogens is 266 g/mol. The first-order valence-electron chi connectivity index (χ1n) is 6.74. The van der Waals surface area contributed by atoms with E-state index in [2.05, 4.69) is 10.1 Å². The summed E-state index contributed by atoms with van der Waals surface area (Å²) >= 11 is 0. The number of hydrogen-bond acceptors (Lipinski definition) is 5. The van der Waals surface area contributed by atoms with Gasteiger partial charge in [0.1, 0.15) is 5.75 Å². The lowest BCUT2D eigenvalue weighted by molar-refractivity contribution is 0.183. The number of fused-ring (bicyclic) bond motifs is 1. The molecular formula is C16H13N3O2. The van der Waals surface area contributed by atoms with Gasteiger partial charge in [0.05, 0.1) is 0 Å². The van der Waals surface area contributed by atoms with Gasteiger partial charge in [-0.1, -0.05) is 35.5 Å². The third-order valence-corrected chi connectivity index (χ3v) is 3.57. The molecule has 2 aromatic carbocycles. The molecule has 5 nitrogen and oxygen atoms in total. The largest absolute Gasteiger partial charge is 0.480 e. The number of anilines is 1. The van der Waals surface area contributed by atoms with Crippen LogP contribution in [0, 0.1) is 0 Å². The van der Waals surface area contributed by atoms with Crippen LogP contribution in [0.1, 0.15) is 17.6 Å². The van der Waals surface area contributed by atoms with Gasteiger partial charge in [0.15, 0.2) is 6.10 Å². The molecule has 21 heavy (non-hydrogen) atoms. The third kappa shape index (κ3) is 2.03. The van der Waals surface area contributed by atoms with Crippen LogP contribution in [0.2, 0.25) is 0 Å². The van der Waals surface area contributed by atoms with Crippen LogP contribution in [0.5, 0.6) is 5.75 Å². The normalized spacial score (nSPS) is 16.5. The monoisotopic (exact) mass is 279 g/mol. The molecule has 0 bridgehead atoms. The maximum atomic E-state index is 5.93. The number of para-hydroxylation sites is 2. The molecule has 1 aromatic heterocycles. The fourth-order valence-electron chi connectivity index (χ4n) is 2.50. The fraction of sp³-hybridized carbons (Fsp3) is 0.125. The average Bonchev–Trinajstić information content (AvgIpc) is 3.14. The molecule has 0 amide bonds. The van der Waals surface area contributed by atoms with Gasteiger partial charge in [-0.25, -0.2) is 0 Å². The van der Waals surface area contributed by atoms with Gasteiger partial charge in [-0.15, -0.1) is 0 Å². The number of hydrogen-bond donors (Lipinski definition) is 1. The zero-order valence-corrected chi connectivity index (χ0v) is 11.2. The molecule has 3 aromatic rings. The maximum absolute atomic E-state index is 5.93. The van der Waals surface area contributed by atoms with E-state index >= 15 is 0 Å². The molecule has 1 unspecified atom stereocenters. The van der Waals surface area contributed by atoms with Gasteiger partial charge in [-0.2, -0.15) is 4.98 Å². The van der Waals surface area contributed by atoms with Gasteiger partial charge in [0.25, 0.3) is 5.89 Å². The van der Waals surface area contributed by atoms with Gasteiger partial charge >= 0.3 is 0 Å². The zero-order valence-electron chi connectivity index (χ0n) is 11.2. The highest BCUT2D eigenvalue weighted by Crippen LogP contribution is 2.36. The number of benzene rings is 2. The second-order valence-corrected chi connectivity index (χ2v) is 4.96. The lowest BCUT2D eigenvalue weighted by atomic mass is 10.1. The molecule has 0 spiro atoms. The highest BCUT2D eigenvalue weighted by Gasteiger charge is 2.29. The second kappa shape index (κ2) is 4.63. The molecule has 0 fully saturated rings. The number of aromatic nitrogens is 2. The minimum Gasteiger partial charge on any atom is -0.480 e. The quantitative estimate of drug-likeness (QED) is 0.730. The fourth-order valence-corrected chi connectivity index (χ4v) is 2.50. The van der Waals surface area contributed by atoms with Crippen LogP contribution in [0.3, 0.4) is 0 Å². The summed E-state index contributed by atoms with van der Waals surface area (Å²) in [6.07, 6.45) is 0.510. The van der Waals surface area contributed by atoms with E-state index in [0.29, 0.717) is 17.4 Å². The van der Waals surface area contributed by atoms with Crippen LogP contribution in [0.4, 0.5) is 5.69 Å². The van der Waals surface area contributed by atoms with Crippen LogP contribution in [0.25, 0.3) is 11.4 Å². The summed E-state index contributed by atoms with van der Waals surface area (Å²) in [4.78, 5) is 4.42. The molecule has 104 valence electrons. The first-order chi connectivity index (χ1) is 10.3. The van der Waals surface area contributed by atoms with Crippen molar-refractivity contribution in [2.45, 2.75) is 12.5 Å². The third-order valence-electron chi connectivity index (χ3n) is 3.57. The Balaban J connectivity index is 1.63. The van der Waals surface area contributed by atoms with Gasteiger partial charge < -0.3 is 15.0 Å². The van der Waals surface area contributed by atoms with Crippen molar-refractivity contribution >= 4 is 5.69 Å². The Morgan fingerprint density at radius 2 is 1.86 bits per heavy atom. The Labute approximate surface area is 121 Å². The lowest BCUT2D eigenvalue weighted by Gasteiger charge is -2.04. The Morgan fingerprint density at radius 3 is 2.71 bits per heavy atom.